The smallest absolute Gasteiger partial charge is 0.211 e. The number of benzene rings is 1. The standard InChI is InChI=1S/C15H22N2O2S/c1-20(18,19)17-11-14-7-8-16(10-15(14)12-17)9-13-5-3-2-4-6-13/h2-6,14-15H,7-12H2,1H3. The topological polar surface area (TPSA) is 40.6 Å². The number of nitrogens with zero attached hydrogens (tertiary/aromatic N) is 2. The molecule has 2 atom stereocenters. The molecule has 110 valence electrons. The van der Waals surface area contributed by atoms with Crippen LogP contribution in [-0.4, -0.2) is 50.1 Å². The highest BCUT2D eigenvalue weighted by Crippen LogP contribution is 2.32. The Bertz CT molecular complexity index is 558. The van der Waals surface area contributed by atoms with Crippen molar-refractivity contribution < 1.29 is 8.42 Å². The monoisotopic (exact) mass is 294 g/mol. The summed E-state index contributed by atoms with van der Waals surface area (Å²) in [5.41, 5.74) is 1.34. The third kappa shape index (κ3) is 3.05. The lowest BCUT2D eigenvalue weighted by Gasteiger charge is -2.34. The molecule has 2 fully saturated rings. The normalized spacial score (nSPS) is 28.4. The van der Waals surface area contributed by atoms with Crippen molar-refractivity contribution in [2.75, 3.05) is 32.4 Å². The Balaban J connectivity index is 1.62. The zero-order valence-corrected chi connectivity index (χ0v) is 12.7. The second kappa shape index (κ2) is 5.47. The van der Waals surface area contributed by atoms with E-state index in [1.54, 1.807) is 4.31 Å². The zero-order valence-electron chi connectivity index (χ0n) is 11.9. The van der Waals surface area contributed by atoms with E-state index < -0.39 is 10.0 Å². The van der Waals surface area contributed by atoms with Crippen LogP contribution in [0.5, 0.6) is 0 Å². The van der Waals surface area contributed by atoms with Gasteiger partial charge in [-0.3, -0.25) is 4.90 Å². The van der Waals surface area contributed by atoms with Crippen molar-refractivity contribution in [1.29, 1.82) is 0 Å². The Morgan fingerprint density at radius 1 is 1.10 bits per heavy atom. The molecule has 1 aromatic rings. The lowest BCUT2D eigenvalue weighted by molar-refractivity contribution is 0.142. The Morgan fingerprint density at radius 3 is 2.50 bits per heavy atom. The predicted octanol–water partition coefficient (Wildman–Crippen LogP) is 1.40. The Hall–Kier alpha value is -0.910. The summed E-state index contributed by atoms with van der Waals surface area (Å²) in [6.45, 7) is 4.50. The second-order valence-electron chi connectivity index (χ2n) is 6.11. The van der Waals surface area contributed by atoms with Crippen LogP contribution in [0.2, 0.25) is 0 Å². The minimum Gasteiger partial charge on any atom is -0.299 e. The number of likely N-dealkylation sites (tertiary alicyclic amines) is 1. The van der Waals surface area contributed by atoms with E-state index in [4.69, 9.17) is 0 Å². The molecule has 1 aromatic carbocycles. The van der Waals surface area contributed by atoms with Crippen LogP contribution < -0.4 is 0 Å². The number of hydrogen-bond donors (Lipinski definition) is 0. The molecule has 0 aromatic heterocycles. The highest BCUT2D eigenvalue weighted by Gasteiger charge is 2.39. The van der Waals surface area contributed by atoms with Crippen LogP contribution in [0, 0.1) is 11.8 Å². The molecule has 5 heteroatoms. The van der Waals surface area contributed by atoms with Gasteiger partial charge in [0.2, 0.25) is 10.0 Å². The Labute approximate surface area is 121 Å². The van der Waals surface area contributed by atoms with Gasteiger partial charge in [-0.1, -0.05) is 30.3 Å². The summed E-state index contributed by atoms with van der Waals surface area (Å²) in [4.78, 5) is 2.46. The molecule has 0 spiro atoms. The van der Waals surface area contributed by atoms with Crippen molar-refractivity contribution in [3.63, 3.8) is 0 Å². The van der Waals surface area contributed by atoms with Crippen molar-refractivity contribution in [2.45, 2.75) is 13.0 Å². The SMILES string of the molecule is CS(=O)(=O)N1CC2CCN(Cc3ccccc3)CC2C1. The van der Waals surface area contributed by atoms with Gasteiger partial charge in [-0.25, -0.2) is 12.7 Å². The number of rotatable bonds is 3. The molecule has 2 aliphatic rings. The van der Waals surface area contributed by atoms with Gasteiger partial charge in [0, 0.05) is 26.2 Å². The third-order valence-electron chi connectivity index (χ3n) is 4.57. The first kappa shape index (κ1) is 14.0. The van der Waals surface area contributed by atoms with Crippen LogP contribution >= 0.6 is 0 Å². The number of hydrogen-bond acceptors (Lipinski definition) is 3. The lowest BCUT2D eigenvalue weighted by atomic mass is 9.88. The lowest BCUT2D eigenvalue weighted by Crippen LogP contribution is -2.39. The molecule has 2 aliphatic heterocycles. The molecule has 0 bridgehead atoms. The third-order valence-corrected chi connectivity index (χ3v) is 5.81. The summed E-state index contributed by atoms with van der Waals surface area (Å²) in [6, 6.07) is 10.5. The average Bonchev–Trinajstić information content (AvgIpc) is 2.83. The van der Waals surface area contributed by atoms with Gasteiger partial charge < -0.3 is 0 Å². The van der Waals surface area contributed by atoms with Crippen LogP contribution in [-0.2, 0) is 16.6 Å². The minimum atomic E-state index is -3.02. The van der Waals surface area contributed by atoms with Crippen LogP contribution in [0.4, 0.5) is 0 Å². The number of piperidine rings is 1. The molecule has 0 amide bonds. The summed E-state index contributed by atoms with van der Waals surface area (Å²) in [6.07, 6.45) is 2.44. The molecule has 2 heterocycles. The minimum absolute atomic E-state index is 0.502. The van der Waals surface area contributed by atoms with Crippen LogP contribution in [0.15, 0.2) is 30.3 Å². The summed E-state index contributed by atoms with van der Waals surface area (Å²) in [5.74, 6) is 1.05. The summed E-state index contributed by atoms with van der Waals surface area (Å²) in [7, 11) is -3.02. The van der Waals surface area contributed by atoms with Crippen molar-refractivity contribution in [3.05, 3.63) is 35.9 Å². The largest absolute Gasteiger partial charge is 0.299 e. The zero-order chi connectivity index (χ0) is 14.2. The van der Waals surface area contributed by atoms with Gasteiger partial charge in [-0.15, -0.1) is 0 Å². The van der Waals surface area contributed by atoms with E-state index in [2.05, 4.69) is 29.2 Å². The molecule has 0 saturated carbocycles. The molecular weight excluding hydrogens is 272 g/mol. The fourth-order valence-electron chi connectivity index (χ4n) is 3.46. The molecular formula is C15H22N2O2S. The molecule has 2 saturated heterocycles. The first-order valence-electron chi connectivity index (χ1n) is 7.24. The van der Waals surface area contributed by atoms with Crippen molar-refractivity contribution in [3.8, 4) is 0 Å². The molecule has 0 N–H and O–H groups in total. The predicted molar refractivity (Wildman–Crippen MR) is 79.7 cm³/mol. The summed E-state index contributed by atoms with van der Waals surface area (Å²) >= 11 is 0. The molecule has 0 radical (unpaired) electrons. The number of sulfonamides is 1. The maximum atomic E-state index is 11.7. The van der Waals surface area contributed by atoms with Crippen molar-refractivity contribution >= 4 is 10.0 Å². The second-order valence-corrected chi connectivity index (χ2v) is 8.09. The highest BCUT2D eigenvalue weighted by molar-refractivity contribution is 7.88. The highest BCUT2D eigenvalue weighted by atomic mass is 32.2. The summed E-state index contributed by atoms with van der Waals surface area (Å²) < 4.78 is 25.0. The van der Waals surface area contributed by atoms with E-state index in [1.807, 2.05) is 6.07 Å². The fourth-order valence-corrected chi connectivity index (χ4v) is 4.38. The van der Waals surface area contributed by atoms with E-state index in [1.165, 1.54) is 11.8 Å². The summed E-state index contributed by atoms with van der Waals surface area (Å²) in [5, 5.41) is 0. The maximum Gasteiger partial charge on any atom is 0.211 e. The van der Waals surface area contributed by atoms with Gasteiger partial charge in [0.1, 0.15) is 0 Å². The fraction of sp³-hybridized carbons (Fsp3) is 0.600. The van der Waals surface area contributed by atoms with Crippen LogP contribution in [0.25, 0.3) is 0 Å². The first-order valence-corrected chi connectivity index (χ1v) is 9.08. The first-order chi connectivity index (χ1) is 9.52. The maximum absolute atomic E-state index is 11.7. The van der Waals surface area contributed by atoms with Crippen molar-refractivity contribution in [1.82, 2.24) is 9.21 Å². The van der Waals surface area contributed by atoms with Gasteiger partial charge in [0.05, 0.1) is 6.26 Å². The van der Waals surface area contributed by atoms with E-state index in [9.17, 15) is 8.42 Å². The quantitative estimate of drug-likeness (QED) is 0.846. The van der Waals surface area contributed by atoms with E-state index in [0.717, 1.165) is 32.6 Å². The van der Waals surface area contributed by atoms with Gasteiger partial charge in [-0.05, 0) is 30.4 Å². The molecule has 2 unspecified atom stereocenters. The Morgan fingerprint density at radius 2 is 1.80 bits per heavy atom. The van der Waals surface area contributed by atoms with Gasteiger partial charge in [0.15, 0.2) is 0 Å². The van der Waals surface area contributed by atoms with E-state index >= 15 is 0 Å². The van der Waals surface area contributed by atoms with Gasteiger partial charge in [0.25, 0.3) is 0 Å². The van der Waals surface area contributed by atoms with Gasteiger partial charge in [-0.2, -0.15) is 0 Å². The molecule has 0 aliphatic carbocycles. The van der Waals surface area contributed by atoms with Crippen molar-refractivity contribution in [2.24, 2.45) is 11.8 Å². The van der Waals surface area contributed by atoms with Crippen LogP contribution in [0.1, 0.15) is 12.0 Å². The molecule has 3 rings (SSSR count). The Kier molecular flexibility index (Phi) is 3.84. The van der Waals surface area contributed by atoms with E-state index in [-0.39, 0.29) is 0 Å². The molecule has 20 heavy (non-hydrogen) atoms. The van der Waals surface area contributed by atoms with Gasteiger partial charge >= 0.3 is 0 Å². The molecule has 4 nitrogen and oxygen atoms in total. The van der Waals surface area contributed by atoms with Crippen LogP contribution in [0.3, 0.4) is 0 Å². The van der Waals surface area contributed by atoms with E-state index in [0.29, 0.717) is 18.4 Å². The average molecular weight is 294 g/mol. The number of fused-ring (bicyclic) bond motifs is 1.